The highest BCUT2D eigenvalue weighted by Crippen LogP contribution is 2.33. The highest BCUT2D eigenvalue weighted by molar-refractivity contribution is 5.93. The number of benzene rings is 1. The minimum Gasteiger partial charge on any atom is -0.379 e. The number of hydrogen-bond acceptors (Lipinski definition) is 9. The van der Waals surface area contributed by atoms with E-state index in [0.717, 1.165) is 36.2 Å². The van der Waals surface area contributed by atoms with Crippen LogP contribution >= 0.6 is 0 Å². The van der Waals surface area contributed by atoms with Gasteiger partial charge in [0.2, 0.25) is 11.6 Å². The summed E-state index contributed by atoms with van der Waals surface area (Å²) in [6.07, 6.45) is 1.32. The van der Waals surface area contributed by atoms with Crippen molar-refractivity contribution < 1.29 is 9.66 Å². The van der Waals surface area contributed by atoms with Crippen LogP contribution in [-0.4, -0.2) is 64.2 Å². The van der Waals surface area contributed by atoms with Crippen LogP contribution in [-0.2, 0) is 4.74 Å². The van der Waals surface area contributed by atoms with Gasteiger partial charge in [-0.1, -0.05) is 18.2 Å². The maximum Gasteiger partial charge on any atom is 0.353 e. The van der Waals surface area contributed by atoms with Gasteiger partial charge in [-0.2, -0.15) is 0 Å². The molecule has 2 N–H and O–H groups in total. The van der Waals surface area contributed by atoms with Crippen molar-refractivity contribution in [3.05, 3.63) is 52.5 Å². The third-order valence-corrected chi connectivity index (χ3v) is 4.94. The number of morpholine rings is 1. The molecule has 3 aromatic rings. The Hall–Kier alpha value is -3.37. The molecular weight excluding hydrogens is 386 g/mol. The zero-order chi connectivity index (χ0) is 20.9. The molecule has 1 fully saturated rings. The fourth-order valence-electron chi connectivity index (χ4n) is 3.40. The van der Waals surface area contributed by atoms with Gasteiger partial charge in [0.25, 0.3) is 0 Å². The van der Waals surface area contributed by atoms with E-state index in [-0.39, 0.29) is 17.3 Å². The predicted molar refractivity (Wildman–Crippen MR) is 114 cm³/mol. The normalized spacial score (nSPS) is 14.6. The summed E-state index contributed by atoms with van der Waals surface area (Å²) in [7, 11) is 0. The van der Waals surface area contributed by atoms with Gasteiger partial charge in [0.05, 0.1) is 29.3 Å². The van der Waals surface area contributed by atoms with Crippen molar-refractivity contribution in [1.82, 2.24) is 19.9 Å². The highest BCUT2D eigenvalue weighted by Gasteiger charge is 2.24. The predicted octanol–water partition coefficient (Wildman–Crippen LogP) is 2.73. The molecule has 0 saturated carbocycles. The van der Waals surface area contributed by atoms with Crippen LogP contribution in [0.3, 0.4) is 0 Å². The Labute approximate surface area is 173 Å². The lowest BCUT2D eigenvalue weighted by Gasteiger charge is -2.26. The first-order valence-corrected chi connectivity index (χ1v) is 9.78. The number of nitrogens with zero attached hydrogens (tertiary/aromatic N) is 5. The van der Waals surface area contributed by atoms with E-state index < -0.39 is 4.92 Å². The lowest BCUT2D eigenvalue weighted by Crippen LogP contribution is -2.39. The highest BCUT2D eigenvalue weighted by atomic mass is 16.6. The minimum absolute atomic E-state index is 0.125. The molecule has 2 aromatic heterocycles. The topological polar surface area (TPSA) is 118 Å². The Morgan fingerprint density at radius 2 is 1.97 bits per heavy atom. The molecular formula is C20H23N7O3. The van der Waals surface area contributed by atoms with Crippen LogP contribution in [0, 0.1) is 17.0 Å². The first-order chi connectivity index (χ1) is 14.6. The second-order valence-electron chi connectivity index (χ2n) is 7.01. The Morgan fingerprint density at radius 3 is 2.77 bits per heavy atom. The van der Waals surface area contributed by atoms with E-state index in [2.05, 4.69) is 30.5 Å². The summed E-state index contributed by atoms with van der Waals surface area (Å²) in [5, 5.41) is 18.9. The third kappa shape index (κ3) is 4.44. The van der Waals surface area contributed by atoms with Crippen LogP contribution in [0.25, 0.3) is 10.9 Å². The SMILES string of the molecule is Cc1ccc2cccc(Nc3ncnc(NCCN4CCOCC4)c3[N+](=O)[O-])c2n1. The number of anilines is 3. The Balaban J connectivity index is 1.57. The van der Waals surface area contributed by atoms with Crippen molar-refractivity contribution in [2.24, 2.45) is 0 Å². The number of nitrogens with one attached hydrogen (secondary N) is 2. The Bertz CT molecular complexity index is 1050. The quantitative estimate of drug-likeness (QED) is 0.448. The molecule has 0 unspecified atom stereocenters. The molecule has 4 rings (SSSR count). The zero-order valence-electron chi connectivity index (χ0n) is 16.7. The molecule has 3 heterocycles. The molecule has 1 saturated heterocycles. The summed E-state index contributed by atoms with van der Waals surface area (Å²) >= 11 is 0. The van der Waals surface area contributed by atoms with Gasteiger partial charge in [0.15, 0.2) is 0 Å². The van der Waals surface area contributed by atoms with Gasteiger partial charge in [-0.15, -0.1) is 0 Å². The van der Waals surface area contributed by atoms with Crippen LogP contribution < -0.4 is 10.6 Å². The zero-order valence-corrected chi connectivity index (χ0v) is 16.7. The molecule has 156 valence electrons. The number of fused-ring (bicyclic) bond motifs is 1. The summed E-state index contributed by atoms with van der Waals surface area (Å²) in [6, 6.07) is 9.54. The van der Waals surface area contributed by atoms with Crippen molar-refractivity contribution in [3.8, 4) is 0 Å². The van der Waals surface area contributed by atoms with E-state index in [1.807, 2.05) is 37.3 Å². The molecule has 0 bridgehead atoms. The van der Waals surface area contributed by atoms with Gasteiger partial charge in [0, 0.05) is 37.3 Å². The largest absolute Gasteiger partial charge is 0.379 e. The van der Waals surface area contributed by atoms with Crippen molar-refractivity contribution in [2.75, 3.05) is 50.0 Å². The number of rotatable bonds is 7. The van der Waals surface area contributed by atoms with E-state index >= 15 is 0 Å². The molecule has 1 aliphatic heterocycles. The smallest absolute Gasteiger partial charge is 0.353 e. The van der Waals surface area contributed by atoms with Gasteiger partial charge in [0.1, 0.15) is 6.33 Å². The van der Waals surface area contributed by atoms with Crippen molar-refractivity contribution >= 4 is 33.9 Å². The van der Waals surface area contributed by atoms with Crippen LogP contribution in [0.15, 0.2) is 36.7 Å². The maximum atomic E-state index is 11.8. The number of pyridine rings is 1. The van der Waals surface area contributed by atoms with Crippen molar-refractivity contribution in [2.45, 2.75) is 6.92 Å². The summed E-state index contributed by atoms with van der Waals surface area (Å²) < 4.78 is 5.34. The second-order valence-corrected chi connectivity index (χ2v) is 7.01. The summed E-state index contributed by atoms with van der Waals surface area (Å²) in [5.74, 6) is 0.315. The lowest BCUT2D eigenvalue weighted by atomic mass is 10.1. The number of hydrogen-bond donors (Lipinski definition) is 2. The molecule has 0 amide bonds. The summed E-state index contributed by atoms with van der Waals surface area (Å²) in [6.45, 7) is 6.31. The Morgan fingerprint density at radius 1 is 1.17 bits per heavy atom. The third-order valence-electron chi connectivity index (χ3n) is 4.94. The monoisotopic (exact) mass is 409 g/mol. The number of aromatic nitrogens is 3. The van der Waals surface area contributed by atoms with E-state index in [1.54, 1.807) is 0 Å². The van der Waals surface area contributed by atoms with Crippen molar-refractivity contribution in [3.63, 3.8) is 0 Å². The van der Waals surface area contributed by atoms with E-state index in [1.165, 1.54) is 6.33 Å². The van der Waals surface area contributed by atoms with Gasteiger partial charge in [-0.05, 0) is 19.1 Å². The van der Waals surface area contributed by atoms with E-state index in [9.17, 15) is 10.1 Å². The lowest BCUT2D eigenvalue weighted by molar-refractivity contribution is -0.383. The summed E-state index contributed by atoms with van der Waals surface area (Å²) in [5.41, 5.74) is 2.05. The average Bonchev–Trinajstić information content (AvgIpc) is 2.75. The number of para-hydroxylation sites is 1. The van der Waals surface area contributed by atoms with Gasteiger partial charge in [-0.25, -0.2) is 9.97 Å². The van der Waals surface area contributed by atoms with Gasteiger partial charge >= 0.3 is 5.69 Å². The standard InChI is InChI=1S/C20H23N7O3/c1-14-5-6-15-3-2-4-16(17(15)24-14)25-20-18(27(28)29)19(22-13-23-20)21-7-8-26-9-11-30-12-10-26/h2-6,13H,7-12H2,1H3,(H2,21,22,23,25). The van der Waals surface area contributed by atoms with Gasteiger partial charge < -0.3 is 15.4 Å². The fraction of sp³-hybridized carbons (Fsp3) is 0.350. The fourth-order valence-corrected chi connectivity index (χ4v) is 3.40. The molecule has 1 aliphatic rings. The average molecular weight is 409 g/mol. The second kappa shape index (κ2) is 8.97. The van der Waals surface area contributed by atoms with Crippen LogP contribution in [0.2, 0.25) is 0 Å². The molecule has 10 heteroatoms. The molecule has 0 radical (unpaired) electrons. The van der Waals surface area contributed by atoms with Crippen molar-refractivity contribution in [1.29, 1.82) is 0 Å². The van der Waals surface area contributed by atoms with Crippen LogP contribution in [0.1, 0.15) is 5.69 Å². The first-order valence-electron chi connectivity index (χ1n) is 9.78. The van der Waals surface area contributed by atoms with Gasteiger partial charge in [-0.3, -0.25) is 20.0 Å². The minimum atomic E-state index is -0.469. The maximum absolute atomic E-state index is 11.8. The molecule has 30 heavy (non-hydrogen) atoms. The molecule has 0 aliphatic carbocycles. The number of ether oxygens (including phenoxy) is 1. The molecule has 0 spiro atoms. The first kappa shape index (κ1) is 19.9. The number of aryl methyl sites for hydroxylation is 1. The van der Waals surface area contributed by atoms with E-state index in [0.29, 0.717) is 25.4 Å². The molecule has 1 aromatic carbocycles. The number of nitro groups is 1. The summed E-state index contributed by atoms with van der Waals surface area (Å²) in [4.78, 5) is 26.4. The Kier molecular flexibility index (Phi) is 5.96. The molecule has 0 atom stereocenters. The van der Waals surface area contributed by atoms with Crippen LogP contribution in [0.5, 0.6) is 0 Å². The molecule has 10 nitrogen and oxygen atoms in total. The van der Waals surface area contributed by atoms with E-state index in [4.69, 9.17) is 4.74 Å². The van der Waals surface area contributed by atoms with Crippen LogP contribution in [0.4, 0.5) is 23.0 Å².